The fourth-order valence-corrected chi connectivity index (χ4v) is 4.84. The average Bonchev–Trinajstić information content (AvgIpc) is 3.19. The normalized spacial score (nSPS) is 21.0. The molecular formula is C27H31F3N4O3. The number of nitrogens with one attached hydrogen (secondary N) is 1. The number of hydrogen-bond donors (Lipinski definition) is 1. The molecule has 0 bridgehead atoms. The summed E-state index contributed by atoms with van der Waals surface area (Å²) >= 11 is 0. The lowest BCUT2D eigenvalue weighted by atomic mass is 9.66. The Morgan fingerprint density at radius 1 is 1.14 bits per heavy atom. The van der Waals surface area contributed by atoms with Crippen molar-refractivity contribution >= 4 is 22.5 Å². The number of amides is 1. The highest BCUT2D eigenvalue weighted by molar-refractivity contribution is 6.05. The first-order valence-electron chi connectivity index (χ1n) is 12.6. The molecule has 3 aromatic rings. The first kappa shape index (κ1) is 25.5. The van der Waals surface area contributed by atoms with Crippen LogP contribution in [0.1, 0.15) is 68.7 Å². The van der Waals surface area contributed by atoms with Gasteiger partial charge in [-0.2, -0.15) is 18.3 Å². The molecule has 1 aliphatic heterocycles. The summed E-state index contributed by atoms with van der Waals surface area (Å²) in [6.07, 6.45) is 0.706. The number of ether oxygens (including phenoxy) is 2. The Balaban J connectivity index is 1.43. The van der Waals surface area contributed by atoms with Gasteiger partial charge in [-0.25, -0.2) is 4.98 Å². The first-order chi connectivity index (χ1) is 17.5. The maximum absolute atomic E-state index is 13.1. The Labute approximate surface area is 213 Å². The van der Waals surface area contributed by atoms with Crippen LogP contribution in [0.3, 0.4) is 0 Å². The van der Waals surface area contributed by atoms with Crippen LogP contribution in [0.15, 0.2) is 36.5 Å². The summed E-state index contributed by atoms with van der Waals surface area (Å²) in [6.45, 7) is 7.91. The van der Waals surface area contributed by atoms with Crippen molar-refractivity contribution in [2.45, 2.75) is 64.8 Å². The van der Waals surface area contributed by atoms with E-state index in [9.17, 15) is 18.0 Å². The van der Waals surface area contributed by atoms with Crippen molar-refractivity contribution in [3.63, 3.8) is 0 Å². The van der Waals surface area contributed by atoms with Gasteiger partial charge in [-0.3, -0.25) is 9.48 Å². The zero-order chi connectivity index (χ0) is 26.4. The molecule has 2 aliphatic rings. The van der Waals surface area contributed by atoms with E-state index in [2.05, 4.69) is 31.1 Å². The van der Waals surface area contributed by atoms with Gasteiger partial charge in [-0.05, 0) is 42.4 Å². The van der Waals surface area contributed by atoms with E-state index in [1.807, 2.05) is 10.9 Å². The molecule has 2 fully saturated rings. The Bertz CT molecular complexity index is 1290. The van der Waals surface area contributed by atoms with Crippen molar-refractivity contribution in [1.82, 2.24) is 14.8 Å². The molecule has 0 spiro atoms. The monoisotopic (exact) mass is 516 g/mol. The number of fused-ring (bicyclic) bond motifs is 1. The van der Waals surface area contributed by atoms with E-state index in [4.69, 9.17) is 14.6 Å². The molecule has 198 valence electrons. The third-order valence-corrected chi connectivity index (χ3v) is 7.32. The van der Waals surface area contributed by atoms with Crippen molar-refractivity contribution < 1.29 is 27.4 Å². The van der Waals surface area contributed by atoms with Gasteiger partial charge in [-0.15, -0.1) is 0 Å². The van der Waals surface area contributed by atoms with Crippen LogP contribution >= 0.6 is 0 Å². The van der Waals surface area contributed by atoms with Gasteiger partial charge in [0.25, 0.3) is 5.91 Å². The molecule has 7 nitrogen and oxygen atoms in total. The molecule has 1 saturated carbocycles. The summed E-state index contributed by atoms with van der Waals surface area (Å²) in [5.41, 5.74) is -0.0989. The summed E-state index contributed by atoms with van der Waals surface area (Å²) in [4.78, 5) is 16.4. The number of hydrogen-bond acceptors (Lipinski definition) is 5. The molecule has 5 rings (SSSR count). The largest absolute Gasteiger partial charge is 0.488 e. The number of alkyl halides is 3. The minimum atomic E-state index is -4.64. The van der Waals surface area contributed by atoms with Crippen LogP contribution in [-0.4, -0.2) is 40.0 Å². The van der Waals surface area contributed by atoms with E-state index in [1.165, 1.54) is 12.1 Å². The van der Waals surface area contributed by atoms with Crippen LogP contribution in [0.4, 0.5) is 18.9 Å². The van der Waals surface area contributed by atoms with Crippen LogP contribution in [0.25, 0.3) is 10.9 Å². The molecule has 3 heterocycles. The second-order valence-corrected chi connectivity index (χ2v) is 11.0. The Morgan fingerprint density at radius 2 is 1.86 bits per heavy atom. The second-order valence-electron chi connectivity index (χ2n) is 11.0. The van der Waals surface area contributed by atoms with Gasteiger partial charge >= 0.3 is 6.18 Å². The minimum Gasteiger partial charge on any atom is -0.488 e. The molecule has 1 saturated heterocycles. The maximum Gasteiger partial charge on any atom is 0.433 e. The number of nitrogens with zero attached hydrogens (tertiary/aromatic N) is 3. The smallest absolute Gasteiger partial charge is 0.433 e. The van der Waals surface area contributed by atoms with E-state index in [-0.39, 0.29) is 17.2 Å². The maximum atomic E-state index is 13.1. The van der Waals surface area contributed by atoms with Gasteiger partial charge in [0.2, 0.25) is 0 Å². The van der Waals surface area contributed by atoms with Gasteiger partial charge in [0.15, 0.2) is 0 Å². The van der Waals surface area contributed by atoms with Gasteiger partial charge in [0, 0.05) is 30.5 Å². The van der Waals surface area contributed by atoms with Crippen LogP contribution in [0, 0.1) is 11.3 Å². The number of pyridine rings is 1. The fourth-order valence-electron chi connectivity index (χ4n) is 4.84. The first-order valence-corrected chi connectivity index (χ1v) is 12.6. The quantitative estimate of drug-likeness (QED) is 0.433. The molecule has 0 unspecified atom stereocenters. The zero-order valence-corrected chi connectivity index (χ0v) is 21.1. The van der Waals surface area contributed by atoms with Gasteiger partial charge in [0.05, 0.1) is 30.5 Å². The lowest BCUT2D eigenvalue weighted by Crippen LogP contribution is -2.35. The van der Waals surface area contributed by atoms with E-state index in [0.29, 0.717) is 49.5 Å². The lowest BCUT2D eigenvalue weighted by molar-refractivity contribution is -0.141. The third-order valence-electron chi connectivity index (χ3n) is 7.32. The van der Waals surface area contributed by atoms with E-state index in [1.54, 1.807) is 12.1 Å². The number of aromatic nitrogens is 3. The van der Waals surface area contributed by atoms with E-state index < -0.39 is 17.8 Å². The highest BCUT2D eigenvalue weighted by Crippen LogP contribution is 2.47. The van der Waals surface area contributed by atoms with Crippen LogP contribution in [0.5, 0.6) is 5.75 Å². The highest BCUT2D eigenvalue weighted by atomic mass is 19.4. The minimum absolute atomic E-state index is 0.102. The van der Waals surface area contributed by atoms with Crippen molar-refractivity contribution in [1.29, 1.82) is 0 Å². The summed E-state index contributed by atoms with van der Waals surface area (Å²) in [5.74, 6) is 0.305. The standard InChI is InChI=1S/C27H31F3N4O3/c1-26(2,3)17-12-18(13-17)34-15-16-11-22(23(14-21(16)33-34)37-19-7-9-36-10-8-19)32-25(35)20-5-4-6-24(31-20)27(28,29)30/h4-6,11,14-15,17-19H,7-10,12-13H2,1-3H3,(H,32,35). The fraction of sp³-hybridized carbons (Fsp3) is 0.519. The second kappa shape index (κ2) is 9.63. The molecule has 10 heteroatoms. The Morgan fingerprint density at radius 3 is 2.54 bits per heavy atom. The lowest BCUT2D eigenvalue weighted by Gasteiger charge is -2.43. The molecular weight excluding hydrogens is 485 g/mol. The summed E-state index contributed by atoms with van der Waals surface area (Å²) in [7, 11) is 0. The zero-order valence-electron chi connectivity index (χ0n) is 21.1. The number of carbonyl (C=O) groups excluding carboxylic acids is 1. The van der Waals surface area contributed by atoms with Crippen molar-refractivity contribution in [2.24, 2.45) is 11.3 Å². The van der Waals surface area contributed by atoms with Gasteiger partial charge in [0.1, 0.15) is 23.2 Å². The predicted molar refractivity (Wildman–Crippen MR) is 133 cm³/mol. The van der Waals surface area contributed by atoms with Crippen molar-refractivity contribution in [2.75, 3.05) is 18.5 Å². The molecule has 1 amide bonds. The third kappa shape index (κ3) is 5.58. The molecule has 1 aromatic carbocycles. The predicted octanol–water partition coefficient (Wildman–Crippen LogP) is 6.26. The number of rotatable bonds is 5. The Hall–Kier alpha value is -3.14. The molecule has 2 aromatic heterocycles. The van der Waals surface area contributed by atoms with Crippen molar-refractivity contribution in [3.05, 3.63) is 47.9 Å². The Kier molecular flexibility index (Phi) is 6.64. The highest BCUT2D eigenvalue weighted by Gasteiger charge is 2.38. The van der Waals surface area contributed by atoms with Crippen LogP contribution in [-0.2, 0) is 10.9 Å². The number of halogens is 3. The summed E-state index contributed by atoms with van der Waals surface area (Å²) in [5, 5.41) is 8.31. The van der Waals surface area contributed by atoms with E-state index in [0.717, 1.165) is 29.8 Å². The molecule has 37 heavy (non-hydrogen) atoms. The van der Waals surface area contributed by atoms with Crippen LogP contribution in [0.2, 0.25) is 0 Å². The average molecular weight is 517 g/mol. The summed E-state index contributed by atoms with van der Waals surface area (Å²) in [6, 6.07) is 7.11. The molecule has 0 atom stereocenters. The summed E-state index contributed by atoms with van der Waals surface area (Å²) < 4.78 is 53.0. The number of benzene rings is 1. The molecule has 0 radical (unpaired) electrons. The molecule has 1 N–H and O–H groups in total. The van der Waals surface area contributed by atoms with Crippen LogP contribution < -0.4 is 10.1 Å². The number of carbonyl (C=O) groups is 1. The SMILES string of the molecule is CC(C)(C)C1CC(n2cc3cc(NC(=O)c4cccc(C(F)(F)F)n4)c(OC4CCOCC4)cc3n2)C1. The van der Waals surface area contributed by atoms with Crippen molar-refractivity contribution in [3.8, 4) is 5.75 Å². The molecule has 1 aliphatic carbocycles. The van der Waals surface area contributed by atoms with Gasteiger partial charge < -0.3 is 14.8 Å². The van der Waals surface area contributed by atoms with Gasteiger partial charge in [-0.1, -0.05) is 26.8 Å². The topological polar surface area (TPSA) is 78.3 Å². The number of anilines is 1. The van der Waals surface area contributed by atoms with E-state index >= 15 is 0 Å².